The van der Waals surface area contributed by atoms with E-state index >= 15 is 0 Å². The average Bonchev–Trinajstić information content (AvgIpc) is 2.25. The Balaban J connectivity index is 2.15. The molecule has 0 aliphatic rings. The number of benzene rings is 2. The highest BCUT2D eigenvalue weighted by Gasteiger charge is 1.94. The highest BCUT2D eigenvalue weighted by molar-refractivity contribution is 7.80. The van der Waals surface area contributed by atoms with Crippen molar-refractivity contribution >= 4 is 24.0 Å². The molecule has 2 aromatic rings. The van der Waals surface area contributed by atoms with Gasteiger partial charge in [0, 0.05) is 16.3 Å². The maximum atomic E-state index is 12.6. The van der Waals surface area contributed by atoms with Crippen LogP contribution in [0.2, 0.25) is 0 Å². The topological polar surface area (TPSA) is 12.0 Å². The number of halogens is 1. The Labute approximate surface area is 93.4 Å². The van der Waals surface area contributed by atoms with Gasteiger partial charge in [-0.15, -0.1) is 12.6 Å². The van der Waals surface area contributed by atoms with Crippen LogP contribution in [0.4, 0.5) is 15.8 Å². The van der Waals surface area contributed by atoms with E-state index in [0.29, 0.717) is 0 Å². The van der Waals surface area contributed by atoms with Crippen LogP contribution >= 0.6 is 12.6 Å². The van der Waals surface area contributed by atoms with Gasteiger partial charge >= 0.3 is 0 Å². The third kappa shape index (κ3) is 2.73. The Bertz CT molecular complexity index is 393. The van der Waals surface area contributed by atoms with Gasteiger partial charge in [0.15, 0.2) is 0 Å². The Morgan fingerprint density at radius 1 is 0.800 bits per heavy atom. The van der Waals surface area contributed by atoms with Crippen molar-refractivity contribution < 1.29 is 4.39 Å². The summed E-state index contributed by atoms with van der Waals surface area (Å²) in [4.78, 5) is 0.916. The summed E-state index contributed by atoms with van der Waals surface area (Å²) in [6.45, 7) is 0. The molecule has 15 heavy (non-hydrogen) atoms. The molecule has 3 heteroatoms. The lowest BCUT2D eigenvalue weighted by Gasteiger charge is -2.05. The Morgan fingerprint density at radius 3 is 1.80 bits per heavy atom. The molecule has 1 N–H and O–H groups in total. The second kappa shape index (κ2) is 4.36. The second-order valence-electron chi connectivity index (χ2n) is 3.18. The van der Waals surface area contributed by atoms with Crippen molar-refractivity contribution in [2.75, 3.05) is 5.32 Å². The fraction of sp³-hybridized carbons (Fsp3) is 0. The molecular formula is C12H10FNS. The number of thiol groups is 1. The van der Waals surface area contributed by atoms with Crippen molar-refractivity contribution in [3.8, 4) is 0 Å². The molecule has 0 bridgehead atoms. The molecular weight excluding hydrogens is 209 g/mol. The van der Waals surface area contributed by atoms with Crippen molar-refractivity contribution in [3.05, 3.63) is 54.3 Å². The van der Waals surface area contributed by atoms with Gasteiger partial charge in [-0.3, -0.25) is 0 Å². The van der Waals surface area contributed by atoms with Crippen molar-refractivity contribution in [1.82, 2.24) is 0 Å². The number of anilines is 2. The molecule has 0 unspecified atom stereocenters. The van der Waals surface area contributed by atoms with Crippen molar-refractivity contribution in [3.63, 3.8) is 0 Å². The lowest BCUT2D eigenvalue weighted by atomic mass is 10.2. The van der Waals surface area contributed by atoms with Gasteiger partial charge < -0.3 is 5.32 Å². The van der Waals surface area contributed by atoms with Gasteiger partial charge in [0.05, 0.1) is 0 Å². The van der Waals surface area contributed by atoms with Crippen LogP contribution in [-0.2, 0) is 0 Å². The zero-order chi connectivity index (χ0) is 10.7. The smallest absolute Gasteiger partial charge is 0.123 e. The zero-order valence-corrected chi connectivity index (χ0v) is 8.84. The first-order valence-electron chi connectivity index (χ1n) is 4.56. The van der Waals surface area contributed by atoms with Gasteiger partial charge in [-0.25, -0.2) is 4.39 Å². The largest absolute Gasteiger partial charge is 0.356 e. The van der Waals surface area contributed by atoms with Crippen LogP contribution in [0.5, 0.6) is 0 Å². The van der Waals surface area contributed by atoms with E-state index in [1.165, 1.54) is 12.1 Å². The minimum atomic E-state index is -0.230. The van der Waals surface area contributed by atoms with Crippen LogP contribution in [0.1, 0.15) is 0 Å². The first-order valence-corrected chi connectivity index (χ1v) is 5.00. The first-order chi connectivity index (χ1) is 7.24. The predicted molar refractivity (Wildman–Crippen MR) is 63.4 cm³/mol. The Hall–Kier alpha value is -1.48. The van der Waals surface area contributed by atoms with E-state index in [2.05, 4.69) is 17.9 Å². The standard InChI is InChI=1S/C12H10FNS/c13-9-1-3-10(4-2-9)14-11-5-7-12(15)8-6-11/h1-8,14-15H. The lowest BCUT2D eigenvalue weighted by molar-refractivity contribution is 0.628. The average molecular weight is 219 g/mol. The number of hydrogen-bond donors (Lipinski definition) is 2. The maximum absolute atomic E-state index is 12.6. The molecule has 0 spiro atoms. The zero-order valence-electron chi connectivity index (χ0n) is 7.94. The third-order valence-electron chi connectivity index (χ3n) is 2.00. The normalized spacial score (nSPS) is 10.0. The highest BCUT2D eigenvalue weighted by Crippen LogP contribution is 2.18. The summed E-state index contributed by atoms with van der Waals surface area (Å²) in [7, 11) is 0. The number of nitrogens with one attached hydrogen (secondary N) is 1. The van der Waals surface area contributed by atoms with Crippen molar-refractivity contribution in [2.45, 2.75) is 4.90 Å². The molecule has 0 aliphatic heterocycles. The molecule has 0 radical (unpaired) electrons. The van der Waals surface area contributed by atoms with E-state index in [0.717, 1.165) is 16.3 Å². The molecule has 0 amide bonds. The van der Waals surface area contributed by atoms with Gasteiger partial charge in [-0.2, -0.15) is 0 Å². The Morgan fingerprint density at radius 2 is 1.27 bits per heavy atom. The summed E-state index contributed by atoms with van der Waals surface area (Å²) < 4.78 is 12.6. The SMILES string of the molecule is Fc1ccc(Nc2ccc(S)cc2)cc1. The van der Waals surface area contributed by atoms with Crippen LogP contribution in [0.25, 0.3) is 0 Å². The van der Waals surface area contributed by atoms with E-state index in [-0.39, 0.29) is 5.82 Å². The van der Waals surface area contributed by atoms with E-state index in [9.17, 15) is 4.39 Å². The quantitative estimate of drug-likeness (QED) is 0.731. The van der Waals surface area contributed by atoms with Gasteiger partial charge in [-0.05, 0) is 48.5 Å². The second-order valence-corrected chi connectivity index (χ2v) is 3.70. The summed E-state index contributed by atoms with van der Waals surface area (Å²) >= 11 is 4.19. The lowest BCUT2D eigenvalue weighted by Crippen LogP contribution is -1.89. The van der Waals surface area contributed by atoms with Gasteiger partial charge in [-0.1, -0.05) is 0 Å². The molecule has 0 saturated carbocycles. The molecule has 0 fully saturated rings. The van der Waals surface area contributed by atoms with Crippen molar-refractivity contribution in [2.24, 2.45) is 0 Å². The van der Waals surface area contributed by atoms with Gasteiger partial charge in [0.25, 0.3) is 0 Å². The molecule has 76 valence electrons. The maximum Gasteiger partial charge on any atom is 0.123 e. The van der Waals surface area contributed by atoms with E-state index in [1.807, 2.05) is 24.3 Å². The number of rotatable bonds is 2. The molecule has 0 heterocycles. The van der Waals surface area contributed by atoms with Crippen LogP contribution in [0, 0.1) is 5.82 Å². The predicted octanol–water partition coefficient (Wildman–Crippen LogP) is 3.86. The molecule has 2 aromatic carbocycles. The summed E-state index contributed by atoms with van der Waals surface area (Å²) in [6.07, 6.45) is 0. The monoisotopic (exact) mass is 219 g/mol. The summed E-state index contributed by atoms with van der Waals surface area (Å²) in [5.74, 6) is -0.230. The van der Waals surface area contributed by atoms with Crippen LogP contribution < -0.4 is 5.32 Å². The fourth-order valence-electron chi connectivity index (χ4n) is 1.24. The van der Waals surface area contributed by atoms with Gasteiger partial charge in [0.1, 0.15) is 5.82 Å². The first kappa shape index (κ1) is 10.1. The molecule has 1 nitrogen and oxygen atoms in total. The Kier molecular flexibility index (Phi) is 2.92. The number of hydrogen-bond acceptors (Lipinski definition) is 2. The summed E-state index contributed by atoms with van der Waals surface area (Å²) in [5.41, 5.74) is 1.82. The van der Waals surface area contributed by atoms with Crippen LogP contribution in [0.15, 0.2) is 53.4 Å². The van der Waals surface area contributed by atoms with E-state index in [4.69, 9.17) is 0 Å². The minimum Gasteiger partial charge on any atom is -0.356 e. The molecule has 2 rings (SSSR count). The van der Waals surface area contributed by atoms with E-state index < -0.39 is 0 Å². The molecule has 0 atom stereocenters. The summed E-state index contributed by atoms with van der Waals surface area (Å²) in [6, 6.07) is 13.9. The summed E-state index contributed by atoms with van der Waals surface area (Å²) in [5, 5.41) is 3.16. The third-order valence-corrected chi connectivity index (χ3v) is 2.30. The highest BCUT2D eigenvalue weighted by atomic mass is 32.1. The fourth-order valence-corrected chi connectivity index (χ4v) is 1.39. The van der Waals surface area contributed by atoms with E-state index in [1.54, 1.807) is 12.1 Å². The van der Waals surface area contributed by atoms with Crippen LogP contribution in [0.3, 0.4) is 0 Å². The molecule has 0 aromatic heterocycles. The molecule has 0 saturated heterocycles. The van der Waals surface area contributed by atoms with Crippen LogP contribution in [-0.4, -0.2) is 0 Å². The minimum absolute atomic E-state index is 0.230. The van der Waals surface area contributed by atoms with Gasteiger partial charge in [0.2, 0.25) is 0 Å². The molecule has 0 aliphatic carbocycles. The van der Waals surface area contributed by atoms with Crippen molar-refractivity contribution in [1.29, 1.82) is 0 Å².